The lowest BCUT2D eigenvalue weighted by Gasteiger charge is -2.12. The predicted octanol–water partition coefficient (Wildman–Crippen LogP) is 3.58. The van der Waals surface area contributed by atoms with Gasteiger partial charge in [0.15, 0.2) is 0 Å². The Morgan fingerprint density at radius 1 is 1.11 bits per heavy atom. The zero-order valence-electron chi connectivity index (χ0n) is 10.5. The molecule has 1 aliphatic rings. The van der Waals surface area contributed by atoms with E-state index in [0.717, 1.165) is 18.9 Å². The summed E-state index contributed by atoms with van der Waals surface area (Å²) in [6, 6.07) is 16.7. The normalized spacial score (nSPS) is 17.1. The summed E-state index contributed by atoms with van der Waals surface area (Å²) in [5.41, 5.74) is 3.87. The Hall–Kier alpha value is -1.96. The Kier molecular flexibility index (Phi) is 2.93. The van der Waals surface area contributed by atoms with Crippen LogP contribution in [0.3, 0.4) is 0 Å². The molecule has 1 unspecified atom stereocenters. The molecule has 1 heterocycles. The quantitative estimate of drug-likeness (QED) is 0.884. The molecule has 2 nitrogen and oxygen atoms in total. The lowest BCUT2D eigenvalue weighted by atomic mass is 10.0. The third kappa shape index (κ3) is 2.19. The molecule has 0 aliphatic carbocycles. The molecule has 2 aromatic carbocycles. The lowest BCUT2D eigenvalue weighted by Crippen LogP contribution is -2.12. The molecule has 0 bridgehead atoms. The molecule has 2 aromatic rings. The fraction of sp³-hybridized carbons (Fsp3) is 0.250. The molecule has 0 radical (unpaired) electrons. The highest BCUT2D eigenvalue weighted by molar-refractivity contribution is 5.57. The van der Waals surface area contributed by atoms with E-state index < -0.39 is 0 Å². The number of hydrogen-bond donors (Lipinski definition) is 1. The highest BCUT2D eigenvalue weighted by Gasteiger charge is 2.21. The van der Waals surface area contributed by atoms with Gasteiger partial charge < -0.3 is 10.1 Å². The SMILES string of the molecule is Cc1ccc(OCC2CNc3ccccc32)cc1. The Labute approximate surface area is 108 Å². The minimum absolute atomic E-state index is 0.447. The highest BCUT2D eigenvalue weighted by Crippen LogP contribution is 2.31. The summed E-state index contributed by atoms with van der Waals surface area (Å²) < 4.78 is 5.86. The van der Waals surface area contributed by atoms with Gasteiger partial charge in [-0.05, 0) is 30.7 Å². The third-order valence-electron chi connectivity index (χ3n) is 3.41. The third-order valence-corrected chi connectivity index (χ3v) is 3.41. The van der Waals surface area contributed by atoms with Crippen LogP contribution in [0, 0.1) is 6.92 Å². The smallest absolute Gasteiger partial charge is 0.119 e. The van der Waals surface area contributed by atoms with Gasteiger partial charge in [-0.3, -0.25) is 0 Å². The summed E-state index contributed by atoms with van der Waals surface area (Å²) in [5, 5.41) is 3.42. The van der Waals surface area contributed by atoms with Crippen LogP contribution in [0.15, 0.2) is 48.5 Å². The van der Waals surface area contributed by atoms with Crippen LogP contribution in [0.25, 0.3) is 0 Å². The van der Waals surface area contributed by atoms with Crippen LogP contribution < -0.4 is 10.1 Å². The van der Waals surface area contributed by atoms with E-state index in [1.807, 2.05) is 12.1 Å². The molecule has 0 saturated heterocycles. The molecule has 0 spiro atoms. The second kappa shape index (κ2) is 4.73. The van der Waals surface area contributed by atoms with Gasteiger partial charge in [0.1, 0.15) is 5.75 Å². The van der Waals surface area contributed by atoms with Crippen molar-refractivity contribution in [1.82, 2.24) is 0 Å². The van der Waals surface area contributed by atoms with Crippen molar-refractivity contribution in [2.24, 2.45) is 0 Å². The molecule has 92 valence electrons. The Morgan fingerprint density at radius 3 is 2.72 bits per heavy atom. The van der Waals surface area contributed by atoms with Crippen LogP contribution in [0.5, 0.6) is 5.75 Å². The van der Waals surface area contributed by atoms with E-state index in [9.17, 15) is 0 Å². The van der Waals surface area contributed by atoms with E-state index in [1.54, 1.807) is 0 Å². The van der Waals surface area contributed by atoms with E-state index in [4.69, 9.17) is 4.74 Å². The van der Waals surface area contributed by atoms with Crippen molar-refractivity contribution in [2.75, 3.05) is 18.5 Å². The van der Waals surface area contributed by atoms with Crippen molar-refractivity contribution in [3.05, 3.63) is 59.7 Å². The molecule has 0 amide bonds. The van der Waals surface area contributed by atoms with E-state index in [0.29, 0.717) is 5.92 Å². The first-order valence-corrected chi connectivity index (χ1v) is 6.35. The van der Waals surface area contributed by atoms with Crippen LogP contribution in [-0.4, -0.2) is 13.2 Å². The minimum Gasteiger partial charge on any atom is -0.493 e. The summed E-state index contributed by atoms with van der Waals surface area (Å²) in [7, 11) is 0. The Morgan fingerprint density at radius 2 is 1.89 bits per heavy atom. The Bertz CT molecular complexity index is 533. The maximum atomic E-state index is 5.86. The van der Waals surface area contributed by atoms with Crippen LogP contribution in [-0.2, 0) is 0 Å². The second-order valence-corrected chi connectivity index (χ2v) is 4.79. The largest absolute Gasteiger partial charge is 0.493 e. The van der Waals surface area contributed by atoms with E-state index in [-0.39, 0.29) is 0 Å². The molecular formula is C16H17NO. The monoisotopic (exact) mass is 239 g/mol. The number of nitrogens with one attached hydrogen (secondary N) is 1. The van der Waals surface area contributed by atoms with Gasteiger partial charge >= 0.3 is 0 Å². The number of para-hydroxylation sites is 1. The van der Waals surface area contributed by atoms with Crippen LogP contribution >= 0.6 is 0 Å². The molecule has 3 rings (SSSR count). The van der Waals surface area contributed by atoms with E-state index in [2.05, 4.69) is 48.6 Å². The summed E-state index contributed by atoms with van der Waals surface area (Å²) in [6.07, 6.45) is 0. The number of benzene rings is 2. The van der Waals surface area contributed by atoms with Crippen molar-refractivity contribution in [1.29, 1.82) is 0 Å². The standard InChI is InChI=1S/C16H17NO/c1-12-6-8-14(9-7-12)18-11-13-10-17-16-5-3-2-4-15(13)16/h2-9,13,17H,10-11H2,1H3. The maximum Gasteiger partial charge on any atom is 0.119 e. The number of fused-ring (bicyclic) bond motifs is 1. The number of aryl methyl sites for hydroxylation is 1. The van der Waals surface area contributed by atoms with Gasteiger partial charge in [-0.1, -0.05) is 35.9 Å². The minimum atomic E-state index is 0.447. The van der Waals surface area contributed by atoms with E-state index in [1.165, 1.54) is 16.8 Å². The van der Waals surface area contributed by atoms with Gasteiger partial charge in [0.2, 0.25) is 0 Å². The van der Waals surface area contributed by atoms with Gasteiger partial charge in [-0.25, -0.2) is 0 Å². The zero-order chi connectivity index (χ0) is 12.4. The molecule has 1 aliphatic heterocycles. The van der Waals surface area contributed by atoms with Crippen molar-refractivity contribution < 1.29 is 4.74 Å². The maximum absolute atomic E-state index is 5.86. The molecule has 18 heavy (non-hydrogen) atoms. The average molecular weight is 239 g/mol. The molecule has 1 N–H and O–H groups in total. The van der Waals surface area contributed by atoms with Crippen molar-refractivity contribution in [3.8, 4) is 5.75 Å². The topological polar surface area (TPSA) is 21.3 Å². The average Bonchev–Trinajstić information content (AvgIpc) is 2.82. The van der Waals surface area contributed by atoms with Gasteiger partial charge in [0.25, 0.3) is 0 Å². The molecular weight excluding hydrogens is 222 g/mol. The fourth-order valence-corrected chi connectivity index (χ4v) is 2.34. The first kappa shape index (κ1) is 11.1. The first-order valence-electron chi connectivity index (χ1n) is 6.35. The lowest BCUT2D eigenvalue weighted by molar-refractivity contribution is 0.296. The van der Waals surface area contributed by atoms with Crippen molar-refractivity contribution in [2.45, 2.75) is 12.8 Å². The second-order valence-electron chi connectivity index (χ2n) is 4.79. The number of anilines is 1. The van der Waals surface area contributed by atoms with Crippen molar-refractivity contribution in [3.63, 3.8) is 0 Å². The first-order chi connectivity index (χ1) is 8.83. The fourth-order valence-electron chi connectivity index (χ4n) is 2.34. The highest BCUT2D eigenvalue weighted by atomic mass is 16.5. The van der Waals surface area contributed by atoms with Gasteiger partial charge in [0.05, 0.1) is 6.61 Å². The van der Waals surface area contributed by atoms with Crippen LogP contribution in [0.2, 0.25) is 0 Å². The van der Waals surface area contributed by atoms with Crippen molar-refractivity contribution >= 4 is 5.69 Å². The number of ether oxygens (including phenoxy) is 1. The molecule has 0 fully saturated rings. The summed E-state index contributed by atoms with van der Waals surface area (Å²) in [5.74, 6) is 1.40. The molecule has 1 atom stereocenters. The van der Waals surface area contributed by atoms with Gasteiger partial charge in [0, 0.05) is 18.2 Å². The zero-order valence-corrected chi connectivity index (χ0v) is 10.5. The summed E-state index contributed by atoms with van der Waals surface area (Å²) >= 11 is 0. The van der Waals surface area contributed by atoms with E-state index >= 15 is 0 Å². The molecule has 0 saturated carbocycles. The Balaban J connectivity index is 1.67. The summed E-state index contributed by atoms with van der Waals surface area (Å²) in [6.45, 7) is 3.78. The predicted molar refractivity (Wildman–Crippen MR) is 74.3 cm³/mol. The number of rotatable bonds is 3. The van der Waals surface area contributed by atoms with Crippen LogP contribution in [0.4, 0.5) is 5.69 Å². The van der Waals surface area contributed by atoms with Gasteiger partial charge in [-0.2, -0.15) is 0 Å². The van der Waals surface area contributed by atoms with Gasteiger partial charge in [-0.15, -0.1) is 0 Å². The van der Waals surface area contributed by atoms with Crippen LogP contribution in [0.1, 0.15) is 17.0 Å². The molecule has 2 heteroatoms. The number of hydrogen-bond acceptors (Lipinski definition) is 2. The summed E-state index contributed by atoms with van der Waals surface area (Å²) in [4.78, 5) is 0. The molecule has 0 aromatic heterocycles.